The van der Waals surface area contributed by atoms with E-state index in [2.05, 4.69) is 36.6 Å². The molecule has 2 aliphatic carbocycles. The van der Waals surface area contributed by atoms with E-state index < -0.39 is 0 Å². The smallest absolute Gasteiger partial charge is 0.00139 e. The molecule has 0 aliphatic heterocycles. The average molecular weight is 215 g/mol. The number of benzene rings is 1. The van der Waals surface area contributed by atoms with Gasteiger partial charge >= 0.3 is 0 Å². The van der Waals surface area contributed by atoms with E-state index in [9.17, 15) is 0 Å². The van der Waals surface area contributed by atoms with Crippen LogP contribution in [0.4, 0.5) is 0 Å². The molecular weight excluding hydrogens is 194 g/mol. The van der Waals surface area contributed by atoms with Crippen molar-refractivity contribution in [2.45, 2.75) is 38.0 Å². The van der Waals surface area contributed by atoms with Gasteiger partial charge in [-0.3, -0.25) is 0 Å². The van der Waals surface area contributed by atoms with E-state index in [0.29, 0.717) is 5.41 Å². The van der Waals surface area contributed by atoms with Gasteiger partial charge in [0.1, 0.15) is 0 Å². The first-order valence-electron chi connectivity index (χ1n) is 6.58. The number of rotatable bonds is 2. The predicted octanol–water partition coefficient (Wildman–Crippen LogP) is 3.11. The Hall–Kier alpha value is -0.820. The predicted molar refractivity (Wildman–Crippen MR) is 67.7 cm³/mol. The average Bonchev–Trinajstić information content (AvgIpc) is 2.63. The second kappa shape index (κ2) is 3.89. The van der Waals surface area contributed by atoms with Gasteiger partial charge in [0.05, 0.1) is 0 Å². The quantitative estimate of drug-likeness (QED) is 0.799. The lowest BCUT2D eigenvalue weighted by molar-refractivity contribution is 0.167. The Morgan fingerprint density at radius 2 is 2.19 bits per heavy atom. The number of hydrogen-bond acceptors (Lipinski definition) is 1. The minimum atomic E-state index is 0.538. The molecule has 1 fully saturated rings. The zero-order chi connectivity index (χ0) is 11.0. The Labute approximate surface area is 98.3 Å². The van der Waals surface area contributed by atoms with Crippen LogP contribution in [0.3, 0.4) is 0 Å². The summed E-state index contributed by atoms with van der Waals surface area (Å²) in [7, 11) is 2.10. The van der Waals surface area contributed by atoms with Gasteiger partial charge in [0.2, 0.25) is 0 Å². The van der Waals surface area contributed by atoms with Crippen LogP contribution in [0.25, 0.3) is 0 Å². The van der Waals surface area contributed by atoms with Gasteiger partial charge in [-0.2, -0.15) is 0 Å². The maximum absolute atomic E-state index is 3.43. The standard InChI is InChI=1S/C15H21N/c1-16-11-15-9-5-4-8-14(15)13-7-3-2-6-12(13)10-15/h2-3,6-7,14,16H,4-5,8-11H2,1H3. The topological polar surface area (TPSA) is 12.0 Å². The SMILES string of the molecule is CNCC12CCCCC1c1ccccc1C2. The molecule has 0 radical (unpaired) electrons. The Kier molecular flexibility index (Phi) is 2.51. The zero-order valence-corrected chi connectivity index (χ0v) is 10.1. The third kappa shape index (κ3) is 1.41. The Bertz CT molecular complexity index is 381. The van der Waals surface area contributed by atoms with Crippen LogP contribution in [0.15, 0.2) is 24.3 Å². The first kappa shape index (κ1) is 10.3. The van der Waals surface area contributed by atoms with E-state index in [0.717, 1.165) is 5.92 Å². The van der Waals surface area contributed by atoms with E-state index in [1.807, 2.05) is 0 Å². The Balaban J connectivity index is 2.00. The lowest BCUT2D eigenvalue weighted by atomic mass is 9.67. The van der Waals surface area contributed by atoms with Crippen LogP contribution in [0.5, 0.6) is 0 Å². The van der Waals surface area contributed by atoms with Gasteiger partial charge in [-0.15, -0.1) is 0 Å². The van der Waals surface area contributed by atoms with Crippen molar-refractivity contribution in [2.75, 3.05) is 13.6 Å². The molecule has 0 amide bonds. The molecule has 86 valence electrons. The van der Waals surface area contributed by atoms with Crippen molar-refractivity contribution >= 4 is 0 Å². The van der Waals surface area contributed by atoms with Crippen LogP contribution < -0.4 is 5.32 Å². The minimum Gasteiger partial charge on any atom is -0.319 e. The molecule has 1 saturated carbocycles. The van der Waals surface area contributed by atoms with Crippen molar-refractivity contribution in [1.29, 1.82) is 0 Å². The van der Waals surface area contributed by atoms with Crippen molar-refractivity contribution in [3.05, 3.63) is 35.4 Å². The Morgan fingerprint density at radius 3 is 3.06 bits per heavy atom. The minimum absolute atomic E-state index is 0.538. The summed E-state index contributed by atoms with van der Waals surface area (Å²) in [6, 6.07) is 9.11. The summed E-state index contributed by atoms with van der Waals surface area (Å²) in [6.45, 7) is 1.19. The van der Waals surface area contributed by atoms with E-state index >= 15 is 0 Å². The highest BCUT2D eigenvalue weighted by Gasteiger charge is 2.46. The highest BCUT2D eigenvalue weighted by Crippen LogP contribution is 2.54. The molecule has 1 aromatic carbocycles. The van der Waals surface area contributed by atoms with E-state index in [1.165, 1.54) is 38.6 Å². The number of hydrogen-bond donors (Lipinski definition) is 1. The third-order valence-corrected chi connectivity index (χ3v) is 4.66. The maximum Gasteiger partial charge on any atom is 0.00139 e. The van der Waals surface area contributed by atoms with Gasteiger partial charge in [0.25, 0.3) is 0 Å². The van der Waals surface area contributed by atoms with Crippen LogP contribution in [0.1, 0.15) is 42.7 Å². The first-order chi connectivity index (χ1) is 7.86. The van der Waals surface area contributed by atoms with Crippen LogP contribution in [-0.4, -0.2) is 13.6 Å². The number of fused-ring (bicyclic) bond motifs is 3. The number of nitrogens with one attached hydrogen (secondary N) is 1. The molecule has 3 rings (SSSR count). The molecule has 1 heteroatoms. The molecular formula is C15H21N. The summed E-state index contributed by atoms with van der Waals surface area (Å²) in [5.74, 6) is 0.824. The van der Waals surface area contributed by atoms with Gasteiger partial charge in [-0.05, 0) is 48.8 Å². The Morgan fingerprint density at radius 1 is 1.31 bits per heavy atom. The van der Waals surface area contributed by atoms with Crippen LogP contribution >= 0.6 is 0 Å². The third-order valence-electron chi connectivity index (χ3n) is 4.66. The fourth-order valence-electron chi connectivity index (χ4n) is 4.04. The van der Waals surface area contributed by atoms with Gasteiger partial charge in [0.15, 0.2) is 0 Å². The highest BCUT2D eigenvalue weighted by atomic mass is 14.8. The highest BCUT2D eigenvalue weighted by molar-refractivity contribution is 5.39. The second-order valence-corrected chi connectivity index (χ2v) is 5.57. The molecule has 16 heavy (non-hydrogen) atoms. The molecule has 2 atom stereocenters. The van der Waals surface area contributed by atoms with Gasteiger partial charge in [-0.1, -0.05) is 37.1 Å². The van der Waals surface area contributed by atoms with Crippen LogP contribution in [-0.2, 0) is 6.42 Å². The van der Waals surface area contributed by atoms with E-state index in [1.54, 1.807) is 11.1 Å². The summed E-state index contributed by atoms with van der Waals surface area (Å²) in [6.07, 6.45) is 6.96. The molecule has 1 nitrogen and oxygen atoms in total. The van der Waals surface area contributed by atoms with Crippen molar-refractivity contribution in [3.63, 3.8) is 0 Å². The van der Waals surface area contributed by atoms with E-state index in [-0.39, 0.29) is 0 Å². The fraction of sp³-hybridized carbons (Fsp3) is 0.600. The maximum atomic E-state index is 3.43. The van der Waals surface area contributed by atoms with Crippen molar-refractivity contribution in [2.24, 2.45) is 5.41 Å². The van der Waals surface area contributed by atoms with Crippen molar-refractivity contribution in [1.82, 2.24) is 5.32 Å². The molecule has 0 bridgehead atoms. The lowest BCUT2D eigenvalue weighted by Gasteiger charge is -2.40. The summed E-state index contributed by atoms with van der Waals surface area (Å²) in [4.78, 5) is 0. The molecule has 2 aliphatic rings. The van der Waals surface area contributed by atoms with Crippen LogP contribution in [0.2, 0.25) is 0 Å². The molecule has 0 saturated heterocycles. The second-order valence-electron chi connectivity index (χ2n) is 5.57. The van der Waals surface area contributed by atoms with Crippen molar-refractivity contribution < 1.29 is 0 Å². The fourth-order valence-corrected chi connectivity index (χ4v) is 4.04. The summed E-state index contributed by atoms with van der Waals surface area (Å²) in [5.41, 5.74) is 3.80. The van der Waals surface area contributed by atoms with Crippen LogP contribution in [0, 0.1) is 5.41 Å². The first-order valence-corrected chi connectivity index (χ1v) is 6.58. The van der Waals surface area contributed by atoms with E-state index in [4.69, 9.17) is 0 Å². The van der Waals surface area contributed by atoms with Gasteiger partial charge in [0, 0.05) is 6.54 Å². The van der Waals surface area contributed by atoms with Crippen molar-refractivity contribution in [3.8, 4) is 0 Å². The molecule has 0 spiro atoms. The molecule has 0 heterocycles. The molecule has 1 N–H and O–H groups in total. The summed E-state index contributed by atoms with van der Waals surface area (Å²) in [5, 5.41) is 3.43. The summed E-state index contributed by atoms with van der Waals surface area (Å²) < 4.78 is 0. The summed E-state index contributed by atoms with van der Waals surface area (Å²) >= 11 is 0. The zero-order valence-electron chi connectivity index (χ0n) is 10.1. The largest absolute Gasteiger partial charge is 0.319 e. The lowest BCUT2D eigenvalue weighted by Crippen LogP contribution is -2.38. The normalized spacial score (nSPS) is 32.2. The monoisotopic (exact) mass is 215 g/mol. The molecule has 2 unspecified atom stereocenters. The molecule has 0 aromatic heterocycles. The van der Waals surface area contributed by atoms with Gasteiger partial charge in [-0.25, -0.2) is 0 Å². The van der Waals surface area contributed by atoms with Gasteiger partial charge < -0.3 is 5.32 Å². The molecule has 1 aromatic rings.